The van der Waals surface area contributed by atoms with Crippen LogP contribution in [0.5, 0.6) is 0 Å². The quantitative estimate of drug-likeness (QED) is 0.547. The van der Waals surface area contributed by atoms with Crippen molar-refractivity contribution in [2.75, 3.05) is 33.7 Å². The van der Waals surface area contributed by atoms with Crippen LogP contribution in [0.3, 0.4) is 0 Å². The molecule has 0 fully saturated rings. The molecule has 0 bridgehead atoms. The molecule has 0 saturated heterocycles. The molecule has 3 N–H and O–H groups in total. The first-order valence-corrected chi connectivity index (χ1v) is 3.77. The lowest BCUT2D eigenvalue weighted by molar-refractivity contribution is 0.365. The van der Waals surface area contributed by atoms with Crippen LogP contribution in [0.2, 0.25) is 0 Å². The zero-order valence-corrected chi connectivity index (χ0v) is 7.22. The van der Waals surface area contributed by atoms with Crippen LogP contribution in [0.4, 0.5) is 0 Å². The topological polar surface area (TPSA) is 41.3 Å². The molecule has 0 saturated carbocycles. The van der Waals surface area contributed by atoms with E-state index in [1.807, 2.05) is 14.1 Å². The van der Waals surface area contributed by atoms with Crippen molar-refractivity contribution in [2.24, 2.45) is 5.73 Å². The summed E-state index contributed by atoms with van der Waals surface area (Å²) in [5.41, 5.74) is 5.76. The second-order valence-electron chi connectivity index (χ2n) is 2.83. The van der Waals surface area contributed by atoms with Crippen LogP contribution in [-0.4, -0.2) is 44.7 Å². The molecular formula is C7H19N3. The SMILES string of the molecule is CCNCC(N)CN(C)C. The van der Waals surface area contributed by atoms with Gasteiger partial charge in [-0.25, -0.2) is 0 Å². The maximum atomic E-state index is 5.76. The van der Waals surface area contributed by atoms with Crippen LogP contribution in [0, 0.1) is 0 Å². The van der Waals surface area contributed by atoms with Gasteiger partial charge in [0.25, 0.3) is 0 Å². The van der Waals surface area contributed by atoms with Crippen molar-refractivity contribution < 1.29 is 0 Å². The Morgan fingerprint density at radius 2 is 2.10 bits per heavy atom. The third kappa shape index (κ3) is 6.01. The Bertz CT molecular complexity index is 73.3. The molecule has 0 spiro atoms. The summed E-state index contributed by atoms with van der Waals surface area (Å²) in [6.45, 7) is 4.95. The normalized spacial score (nSPS) is 14.1. The molecule has 3 heteroatoms. The Kier molecular flexibility index (Phi) is 5.58. The van der Waals surface area contributed by atoms with Crippen molar-refractivity contribution in [2.45, 2.75) is 13.0 Å². The maximum Gasteiger partial charge on any atom is 0.0294 e. The molecule has 0 aliphatic rings. The molecule has 0 aromatic heterocycles. The van der Waals surface area contributed by atoms with Gasteiger partial charge in [-0.05, 0) is 20.6 Å². The van der Waals surface area contributed by atoms with E-state index >= 15 is 0 Å². The minimum absolute atomic E-state index is 0.259. The van der Waals surface area contributed by atoms with Crippen LogP contribution in [0.15, 0.2) is 0 Å². The highest BCUT2D eigenvalue weighted by atomic mass is 15.1. The van der Waals surface area contributed by atoms with E-state index in [1.54, 1.807) is 0 Å². The lowest BCUT2D eigenvalue weighted by Crippen LogP contribution is -2.41. The fraction of sp³-hybridized carbons (Fsp3) is 1.00. The van der Waals surface area contributed by atoms with Crippen LogP contribution in [0.25, 0.3) is 0 Å². The van der Waals surface area contributed by atoms with E-state index < -0.39 is 0 Å². The van der Waals surface area contributed by atoms with Crippen molar-refractivity contribution in [3.05, 3.63) is 0 Å². The van der Waals surface area contributed by atoms with Gasteiger partial charge in [0.15, 0.2) is 0 Å². The van der Waals surface area contributed by atoms with E-state index in [0.717, 1.165) is 19.6 Å². The molecule has 10 heavy (non-hydrogen) atoms. The van der Waals surface area contributed by atoms with E-state index in [4.69, 9.17) is 5.73 Å². The van der Waals surface area contributed by atoms with E-state index in [1.165, 1.54) is 0 Å². The van der Waals surface area contributed by atoms with E-state index in [-0.39, 0.29) is 6.04 Å². The molecule has 0 aromatic carbocycles. The largest absolute Gasteiger partial charge is 0.325 e. The van der Waals surface area contributed by atoms with Crippen molar-refractivity contribution in [3.8, 4) is 0 Å². The van der Waals surface area contributed by atoms with E-state index in [0.29, 0.717) is 0 Å². The summed E-state index contributed by atoms with van der Waals surface area (Å²) in [5, 5.41) is 3.20. The predicted molar refractivity (Wildman–Crippen MR) is 45.1 cm³/mol. The van der Waals surface area contributed by atoms with Gasteiger partial charge in [-0.15, -0.1) is 0 Å². The molecule has 0 heterocycles. The first-order chi connectivity index (χ1) is 4.66. The summed E-state index contributed by atoms with van der Waals surface area (Å²) in [5.74, 6) is 0. The molecule has 0 radical (unpaired) electrons. The number of hydrogen-bond donors (Lipinski definition) is 2. The third-order valence-corrected chi connectivity index (χ3v) is 1.26. The van der Waals surface area contributed by atoms with Crippen LogP contribution >= 0.6 is 0 Å². The Morgan fingerprint density at radius 1 is 1.50 bits per heavy atom. The van der Waals surface area contributed by atoms with Gasteiger partial charge in [0.1, 0.15) is 0 Å². The fourth-order valence-electron chi connectivity index (χ4n) is 0.863. The van der Waals surface area contributed by atoms with Gasteiger partial charge < -0.3 is 16.0 Å². The number of likely N-dealkylation sites (N-methyl/N-ethyl adjacent to an activating group) is 2. The highest BCUT2D eigenvalue weighted by Crippen LogP contribution is 1.79. The first-order valence-electron chi connectivity index (χ1n) is 3.77. The van der Waals surface area contributed by atoms with Crippen molar-refractivity contribution >= 4 is 0 Å². The summed E-state index contributed by atoms with van der Waals surface area (Å²) >= 11 is 0. The highest BCUT2D eigenvalue weighted by Gasteiger charge is 2.00. The Balaban J connectivity index is 3.16. The van der Waals surface area contributed by atoms with Gasteiger partial charge in [0, 0.05) is 19.1 Å². The third-order valence-electron chi connectivity index (χ3n) is 1.26. The van der Waals surface area contributed by atoms with Gasteiger partial charge in [-0.3, -0.25) is 0 Å². The zero-order valence-electron chi connectivity index (χ0n) is 7.22. The average Bonchev–Trinajstić information content (AvgIpc) is 1.82. The summed E-state index contributed by atoms with van der Waals surface area (Å²) in [6, 6.07) is 0.259. The number of nitrogens with two attached hydrogens (primary N) is 1. The fourth-order valence-corrected chi connectivity index (χ4v) is 0.863. The lowest BCUT2D eigenvalue weighted by Gasteiger charge is -2.16. The van der Waals surface area contributed by atoms with Gasteiger partial charge in [-0.1, -0.05) is 6.92 Å². The Hall–Kier alpha value is -0.120. The summed E-state index contributed by atoms with van der Waals surface area (Å²) in [4.78, 5) is 2.10. The number of nitrogens with one attached hydrogen (secondary N) is 1. The van der Waals surface area contributed by atoms with Crippen LogP contribution in [-0.2, 0) is 0 Å². The van der Waals surface area contributed by atoms with Gasteiger partial charge in [-0.2, -0.15) is 0 Å². The van der Waals surface area contributed by atoms with E-state index in [2.05, 4.69) is 17.1 Å². The minimum atomic E-state index is 0.259. The van der Waals surface area contributed by atoms with Crippen LogP contribution < -0.4 is 11.1 Å². The van der Waals surface area contributed by atoms with Crippen molar-refractivity contribution in [1.82, 2.24) is 10.2 Å². The van der Waals surface area contributed by atoms with Gasteiger partial charge in [0.2, 0.25) is 0 Å². The highest BCUT2D eigenvalue weighted by molar-refractivity contribution is 4.66. The summed E-state index contributed by atoms with van der Waals surface area (Å²) < 4.78 is 0. The van der Waals surface area contributed by atoms with Crippen molar-refractivity contribution in [1.29, 1.82) is 0 Å². The van der Waals surface area contributed by atoms with Crippen molar-refractivity contribution in [3.63, 3.8) is 0 Å². The molecule has 62 valence electrons. The van der Waals surface area contributed by atoms with E-state index in [9.17, 15) is 0 Å². The molecule has 0 amide bonds. The average molecular weight is 145 g/mol. The number of nitrogens with zero attached hydrogens (tertiary/aromatic N) is 1. The Labute approximate surface area is 63.6 Å². The van der Waals surface area contributed by atoms with Gasteiger partial charge >= 0.3 is 0 Å². The van der Waals surface area contributed by atoms with Crippen LogP contribution in [0.1, 0.15) is 6.92 Å². The lowest BCUT2D eigenvalue weighted by atomic mass is 10.3. The number of hydrogen-bond acceptors (Lipinski definition) is 3. The first kappa shape index (κ1) is 9.88. The second kappa shape index (κ2) is 5.65. The molecule has 1 unspecified atom stereocenters. The smallest absolute Gasteiger partial charge is 0.0294 e. The maximum absolute atomic E-state index is 5.76. The molecule has 1 atom stereocenters. The molecule has 0 aliphatic heterocycles. The standard InChI is InChI=1S/C7H19N3/c1-4-9-5-7(8)6-10(2)3/h7,9H,4-6,8H2,1-3H3. The van der Waals surface area contributed by atoms with Gasteiger partial charge in [0.05, 0.1) is 0 Å². The Morgan fingerprint density at radius 3 is 2.50 bits per heavy atom. The number of rotatable bonds is 5. The monoisotopic (exact) mass is 145 g/mol. The summed E-state index contributed by atoms with van der Waals surface area (Å²) in [7, 11) is 4.07. The molecule has 3 nitrogen and oxygen atoms in total. The second-order valence-corrected chi connectivity index (χ2v) is 2.83. The zero-order chi connectivity index (χ0) is 7.98. The predicted octanol–water partition coefficient (Wildman–Crippen LogP) is -0.515. The molecule has 0 rings (SSSR count). The minimum Gasteiger partial charge on any atom is -0.325 e. The molecule has 0 aliphatic carbocycles. The molecule has 0 aromatic rings. The summed E-state index contributed by atoms with van der Waals surface area (Å²) in [6.07, 6.45) is 0. The molecular weight excluding hydrogens is 126 g/mol.